The fourth-order valence-electron chi connectivity index (χ4n) is 2.42. The van der Waals surface area contributed by atoms with Crippen LogP contribution < -0.4 is 4.80 Å². The number of nitrogens with zero attached hydrogens (tertiary/aromatic N) is 2. The summed E-state index contributed by atoms with van der Waals surface area (Å²) in [5, 5.41) is 0. The number of carbonyl (C=O) groups is 1. The van der Waals surface area contributed by atoms with E-state index in [9.17, 15) is 4.79 Å². The molecule has 1 amide bonds. The van der Waals surface area contributed by atoms with Crippen molar-refractivity contribution in [1.82, 2.24) is 4.57 Å². The van der Waals surface area contributed by atoms with Gasteiger partial charge < -0.3 is 9.30 Å². The molecule has 0 radical (unpaired) electrons. The zero-order chi connectivity index (χ0) is 17.3. The number of rotatable bonds is 4. The second kappa shape index (κ2) is 7.37. The third-order valence-corrected chi connectivity index (χ3v) is 6.04. The predicted octanol–water partition coefficient (Wildman–Crippen LogP) is 4.77. The average molecular weight is 401 g/mol. The summed E-state index contributed by atoms with van der Waals surface area (Å²) in [5.41, 5.74) is 2.53. The maximum atomic E-state index is 12.5. The number of methoxy groups -OCH3 is 1. The van der Waals surface area contributed by atoms with Crippen LogP contribution >= 0.6 is 45.9 Å². The fourth-order valence-corrected chi connectivity index (χ4v) is 5.00. The third-order valence-electron chi connectivity index (χ3n) is 3.51. The number of para-hydroxylation sites is 1. The smallest absolute Gasteiger partial charge is 0.282 e. The Bertz CT molecular complexity index is 972. The van der Waals surface area contributed by atoms with Gasteiger partial charge in [0.15, 0.2) is 4.80 Å². The molecule has 24 heavy (non-hydrogen) atoms. The van der Waals surface area contributed by atoms with Crippen molar-refractivity contribution in [2.24, 2.45) is 4.99 Å². The number of amides is 1. The van der Waals surface area contributed by atoms with Crippen molar-refractivity contribution in [1.29, 1.82) is 0 Å². The Hall–Kier alpha value is -1.18. The Balaban J connectivity index is 2.15. The van der Waals surface area contributed by atoms with Gasteiger partial charge in [0.1, 0.15) is 4.34 Å². The highest BCUT2D eigenvalue weighted by Crippen LogP contribution is 2.31. The van der Waals surface area contributed by atoms with Crippen molar-refractivity contribution in [3.63, 3.8) is 0 Å². The van der Waals surface area contributed by atoms with Crippen molar-refractivity contribution in [3.8, 4) is 0 Å². The summed E-state index contributed by atoms with van der Waals surface area (Å²) in [5.74, 6) is -0.390. The van der Waals surface area contributed by atoms with Crippen molar-refractivity contribution in [2.45, 2.75) is 13.5 Å². The SMILES string of the molecule is COCCn1c(=NC(=O)c2cc(Cl)sc2Cl)sc2cccc(C)c21. The first-order valence-corrected chi connectivity index (χ1v) is 9.52. The standard InChI is InChI=1S/C16H14Cl2N2O2S2/c1-9-4-3-5-11-13(9)20(6-7-22-2)16(23-11)19-15(21)10-8-12(17)24-14(10)18/h3-5,8H,6-7H2,1-2H3. The number of fused-ring (bicyclic) bond motifs is 1. The first-order chi connectivity index (χ1) is 11.5. The van der Waals surface area contributed by atoms with E-state index in [2.05, 4.69) is 4.99 Å². The predicted molar refractivity (Wildman–Crippen MR) is 101 cm³/mol. The first kappa shape index (κ1) is 17.6. The van der Waals surface area contributed by atoms with Crippen LogP contribution in [-0.4, -0.2) is 24.2 Å². The van der Waals surface area contributed by atoms with Crippen LogP contribution in [0, 0.1) is 6.92 Å². The molecule has 2 aromatic heterocycles. The van der Waals surface area contributed by atoms with Gasteiger partial charge in [-0.1, -0.05) is 46.7 Å². The number of carbonyl (C=O) groups excluding carboxylic acids is 1. The summed E-state index contributed by atoms with van der Waals surface area (Å²) in [4.78, 5) is 17.4. The van der Waals surface area contributed by atoms with E-state index in [0.29, 0.717) is 32.2 Å². The summed E-state index contributed by atoms with van der Waals surface area (Å²) in [6.07, 6.45) is 0. The van der Waals surface area contributed by atoms with Gasteiger partial charge in [-0.25, -0.2) is 0 Å². The quantitative estimate of drug-likeness (QED) is 0.632. The molecule has 0 fully saturated rings. The molecule has 2 heterocycles. The van der Waals surface area contributed by atoms with Crippen LogP contribution in [0.3, 0.4) is 0 Å². The highest BCUT2D eigenvalue weighted by Gasteiger charge is 2.15. The molecule has 0 aliphatic heterocycles. The molecular weight excluding hydrogens is 387 g/mol. The Morgan fingerprint density at radius 1 is 1.33 bits per heavy atom. The van der Waals surface area contributed by atoms with Gasteiger partial charge in [-0.3, -0.25) is 4.79 Å². The number of halogens is 2. The van der Waals surface area contributed by atoms with Crippen LogP contribution in [0.15, 0.2) is 29.3 Å². The molecule has 1 aromatic carbocycles. The molecule has 3 aromatic rings. The van der Waals surface area contributed by atoms with Gasteiger partial charge in [-0.15, -0.1) is 11.3 Å². The molecule has 126 valence electrons. The lowest BCUT2D eigenvalue weighted by Crippen LogP contribution is -2.19. The van der Waals surface area contributed by atoms with Crippen molar-refractivity contribution in [3.05, 3.63) is 48.9 Å². The molecule has 8 heteroatoms. The number of hydrogen-bond acceptors (Lipinski definition) is 4. The Morgan fingerprint density at radius 3 is 2.79 bits per heavy atom. The lowest BCUT2D eigenvalue weighted by molar-refractivity contribution is 0.0998. The second-order valence-corrected chi connectivity index (χ2v) is 8.40. The number of ether oxygens (including phenoxy) is 1. The van der Waals surface area contributed by atoms with Crippen molar-refractivity contribution >= 4 is 62.0 Å². The zero-order valence-electron chi connectivity index (χ0n) is 13.0. The molecule has 3 rings (SSSR count). The van der Waals surface area contributed by atoms with E-state index in [1.54, 1.807) is 13.2 Å². The lowest BCUT2D eigenvalue weighted by Gasteiger charge is -2.06. The number of benzene rings is 1. The van der Waals surface area contributed by atoms with Crippen molar-refractivity contribution in [2.75, 3.05) is 13.7 Å². The van der Waals surface area contributed by atoms with Gasteiger partial charge in [0.2, 0.25) is 0 Å². The molecule has 4 nitrogen and oxygen atoms in total. The van der Waals surface area contributed by atoms with Crippen LogP contribution in [-0.2, 0) is 11.3 Å². The van der Waals surface area contributed by atoms with Crippen LogP contribution in [0.5, 0.6) is 0 Å². The van der Waals surface area contributed by atoms with E-state index in [0.717, 1.165) is 27.1 Å². The molecule has 0 spiro atoms. The maximum Gasteiger partial charge on any atom is 0.282 e. The molecule has 0 aliphatic carbocycles. The van der Waals surface area contributed by atoms with Gasteiger partial charge in [0.25, 0.3) is 5.91 Å². The van der Waals surface area contributed by atoms with E-state index in [1.807, 2.05) is 29.7 Å². The highest BCUT2D eigenvalue weighted by molar-refractivity contribution is 7.20. The zero-order valence-corrected chi connectivity index (χ0v) is 16.2. The fraction of sp³-hybridized carbons (Fsp3) is 0.250. The second-order valence-electron chi connectivity index (χ2n) is 5.11. The normalized spacial score (nSPS) is 12.2. The van der Waals surface area contributed by atoms with E-state index in [4.69, 9.17) is 27.9 Å². The average Bonchev–Trinajstić information content (AvgIpc) is 3.05. The van der Waals surface area contributed by atoms with Crippen LogP contribution in [0.1, 0.15) is 15.9 Å². The molecule has 0 aliphatic rings. The number of thiazole rings is 1. The van der Waals surface area contributed by atoms with E-state index >= 15 is 0 Å². The molecule has 0 saturated heterocycles. The van der Waals surface area contributed by atoms with E-state index < -0.39 is 5.91 Å². The summed E-state index contributed by atoms with van der Waals surface area (Å²) < 4.78 is 9.11. The minimum Gasteiger partial charge on any atom is -0.383 e. The Morgan fingerprint density at radius 2 is 2.12 bits per heavy atom. The third kappa shape index (κ3) is 3.43. The molecule has 0 unspecified atom stereocenters. The topological polar surface area (TPSA) is 43.6 Å². The highest BCUT2D eigenvalue weighted by atomic mass is 35.5. The number of aromatic nitrogens is 1. The molecule has 0 N–H and O–H groups in total. The van der Waals surface area contributed by atoms with Crippen LogP contribution in [0.25, 0.3) is 10.2 Å². The van der Waals surface area contributed by atoms with Gasteiger partial charge >= 0.3 is 0 Å². The van der Waals surface area contributed by atoms with Gasteiger partial charge in [0, 0.05) is 13.7 Å². The summed E-state index contributed by atoms with van der Waals surface area (Å²) in [7, 11) is 1.65. The van der Waals surface area contributed by atoms with Gasteiger partial charge in [0.05, 0.1) is 26.7 Å². The van der Waals surface area contributed by atoms with Crippen LogP contribution in [0.2, 0.25) is 8.67 Å². The molecule has 0 saturated carbocycles. The molecule has 0 atom stereocenters. The number of aryl methyl sites for hydroxylation is 1. The van der Waals surface area contributed by atoms with Crippen molar-refractivity contribution < 1.29 is 9.53 Å². The minimum absolute atomic E-state index is 0.333. The summed E-state index contributed by atoms with van der Waals surface area (Å²) in [6.45, 7) is 3.19. The van der Waals surface area contributed by atoms with E-state index in [1.165, 1.54) is 11.3 Å². The number of thiophene rings is 1. The monoisotopic (exact) mass is 400 g/mol. The van der Waals surface area contributed by atoms with E-state index in [-0.39, 0.29) is 0 Å². The summed E-state index contributed by atoms with van der Waals surface area (Å²) >= 11 is 14.6. The summed E-state index contributed by atoms with van der Waals surface area (Å²) in [6, 6.07) is 7.61. The number of hydrogen-bond donors (Lipinski definition) is 0. The minimum atomic E-state index is -0.390. The molecule has 0 bridgehead atoms. The van der Waals surface area contributed by atoms with Crippen LogP contribution in [0.4, 0.5) is 0 Å². The first-order valence-electron chi connectivity index (χ1n) is 7.13. The van der Waals surface area contributed by atoms with Gasteiger partial charge in [-0.05, 0) is 24.6 Å². The molecular formula is C16H14Cl2N2O2S2. The Kier molecular flexibility index (Phi) is 5.42. The maximum absolute atomic E-state index is 12.5. The Labute approximate surface area is 156 Å². The largest absolute Gasteiger partial charge is 0.383 e. The van der Waals surface area contributed by atoms with Gasteiger partial charge in [-0.2, -0.15) is 4.99 Å². The lowest BCUT2D eigenvalue weighted by atomic mass is 10.2.